The van der Waals surface area contributed by atoms with Gasteiger partial charge in [0.25, 0.3) is 0 Å². The Bertz CT molecular complexity index is 515. The third-order valence-electron chi connectivity index (χ3n) is 3.66. The molecule has 1 amide bonds. The lowest BCUT2D eigenvalue weighted by atomic mass is 10.0. The van der Waals surface area contributed by atoms with Gasteiger partial charge in [0.15, 0.2) is 0 Å². The number of hydrogen-bond donors (Lipinski definition) is 2. The smallest absolute Gasteiger partial charge is 0.408 e. The van der Waals surface area contributed by atoms with Gasteiger partial charge in [0.1, 0.15) is 5.60 Å². The van der Waals surface area contributed by atoms with Gasteiger partial charge in [-0.2, -0.15) is 0 Å². The van der Waals surface area contributed by atoms with Crippen LogP contribution in [0.3, 0.4) is 0 Å². The highest BCUT2D eigenvalue weighted by Gasteiger charge is 2.55. The van der Waals surface area contributed by atoms with Crippen LogP contribution < -0.4 is 10.6 Å². The summed E-state index contributed by atoms with van der Waals surface area (Å²) in [7, 11) is 0. The van der Waals surface area contributed by atoms with Crippen molar-refractivity contribution in [1.29, 1.82) is 0 Å². The fraction of sp³-hybridized carbons (Fsp3) is 0.533. The van der Waals surface area contributed by atoms with Crippen LogP contribution in [0.4, 0.5) is 10.5 Å². The normalized spacial score (nSPS) is 22.6. The minimum atomic E-state index is -0.466. The largest absolute Gasteiger partial charge is 0.444 e. The highest BCUT2D eigenvalue weighted by atomic mass is 16.6. The molecule has 1 atom stereocenters. The topological polar surface area (TPSA) is 50.4 Å². The van der Waals surface area contributed by atoms with Gasteiger partial charge in [0.05, 0.1) is 11.6 Å². The molecule has 0 aromatic heterocycles. The van der Waals surface area contributed by atoms with Gasteiger partial charge in [-0.15, -0.1) is 0 Å². The van der Waals surface area contributed by atoms with Gasteiger partial charge in [-0.3, -0.25) is 0 Å². The summed E-state index contributed by atoms with van der Waals surface area (Å²) in [6, 6.07) is 8.16. The summed E-state index contributed by atoms with van der Waals surface area (Å²) in [5, 5.41) is 6.55. The van der Waals surface area contributed by atoms with Gasteiger partial charge >= 0.3 is 6.09 Å². The molecule has 19 heavy (non-hydrogen) atoms. The van der Waals surface area contributed by atoms with Crippen molar-refractivity contribution in [2.75, 3.05) is 5.32 Å². The number of rotatable bonds is 1. The van der Waals surface area contributed by atoms with E-state index < -0.39 is 5.60 Å². The van der Waals surface area contributed by atoms with Crippen LogP contribution in [0.5, 0.6) is 0 Å². The molecule has 2 aliphatic rings. The molecule has 1 aromatic rings. The summed E-state index contributed by atoms with van der Waals surface area (Å²) in [4.78, 5) is 12.0. The van der Waals surface area contributed by atoms with E-state index in [0.717, 1.165) is 24.1 Å². The van der Waals surface area contributed by atoms with E-state index in [0.29, 0.717) is 0 Å². The van der Waals surface area contributed by atoms with E-state index in [9.17, 15) is 4.79 Å². The summed E-state index contributed by atoms with van der Waals surface area (Å²) >= 11 is 0. The van der Waals surface area contributed by atoms with Crippen LogP contribution in [-0.4, -0.2) is 17.2 Å². The number of nitrogens with one attached hydrogen (secondary N) is 2. The standard InChI is InChI=1S/C15H20N2O2/c1-14(2,3)19-13(18)16-12-10-6-4-5-7-11(10)17-15(12)8-9-15/h4-7,12,17H,8-9H2,1-3H3,(H,16,18). The molecule has 1 spiro atoms. The summed E-state index contributed by atoms with van der Waals surface area (Å²) in [5.41, 5.74) is 1.83. The number of benzene rings is 1. The van der Waals surface area contributed by atoms with Crippen LogP contribution in [0.25, 0.3) is 0 Å². The van der Waals surface area contributed by atoms with E-state index in [2.05, 4.69) is 22.8 Å². The number of carbonyl (C=O) groups is 1. The number of fused-ring (bicyclic) bond motifs is 1. The van der Waals surface area contributed by atoms with Gasteiger partial charge in [-0.25, -0.2) is 4.79 Å². The first-order valence-corrected chi connectivity index (χ1v) is 6.76. The molecular formula is C15H20N2O2. The fourth-order valence-corrected chi connectivity index (χ4v) is 2.69. The molecular weight excluding hydrogens is 240 g/mol. The van der Waals surface area contributed by atoms with E-state index in [1.165, 1.54) is 0 Å². The molecule has 3 rings (SSSR count). The van der Waals surface area contributed by atoms with E-state index in [4.69, 9.17) is 4.74 Å². The zero-order valence-electron chi connectivity index (χ0n) is 11.6. The highest BCUT2D eigenvalue weighted by Crippen LogP contribution is 2.54. The van der Waals surface area contributed by atoms with E-state index in [1.54, 1.807) is 0 Å². The van der Waals surface area contributed by atoms with Crippen LogP contribution in [-0.2, 0) is 4.74 Å². The second kappa shape index (κ2) is 3.89. The number of para-hydroxylation sites is 1. The zero-order valence-corrected chi connectivity index (χ0v) is 11.6. The van der Waals surface area contributed by atoms with Gasteiger partial charge < -0.3 is 15.4 Å². The Labute approximate surface area is 113 Å². The quantitative estimate of drug-likeness (QED) is 0.815. The van der Waals surface area contributed by atoms with Crippen molar-refractivity contribution in [3.63, 3.8) is 0 Å². The van der Waals surface area contributed by atoms with Crippen LogP contribution in [0.15, 0.2) is 24.3 Å². The number of alkyl carbamates (subject to hydrolysis) is 1. The van der Waals surface area contributed by atoms with E-state index >= 15 is 0 Å². The van der Waals surface area contributed by atoms with Gasteiger partial charge in [-0.05, 0) is 39.7 Å². The Morgan fingerprint density at radius 3 is 2.68 bits per heavy atom. The Hall–Kier alpha value is -1.71. The lowest BCUT2D eigenvalue weighted by Crippen LogP contribution is -2.40. The average Bonchev–Trinajstić information content (AvgIpc) is 2.98. The maximum absolute atomic E-state index is 12.0. The Kier molecular flexibility index (Phi) is 2.52. The van der Waals surface area contributed by atoms with E-state index in [1.807, 2.05) is 32.9 Å². The lowest BCUT2D eigenvalue weighted by molar-refractivity contribution is 0.0497. The van der Waals surface area contributed by atoms with Crippen LogP contribution in [0.2, 0.25) is 0 Å². The third-order valence-corrected chi connectivity index (χ3v) is 3.66. The summed E-state index contributed by atoms with van der Waals surface area (Å²) < 4.78 is 5.36. The Morgan fingerprint density at radius 1 is 1.37 bits per heavy atom. The highest BCUT2D eigenvalue weighted by molar-refractivity contribution is 5.72. The van der Waals surface area contributed by atoms with Crippen molar-refractivity contribution in [1.82, 2.24) is 5.32 Å². The predicted molar refractivity (Wildman–Crippen MR) is 74.1 cm³/mol. The number of carbonyl (C=O) groups excluding carboxylic acids is 1. The van der Waals surface area contributed by atoms with Crippen molar-refractivity contribution in [3.05, 3.63) is 29.8 Å². The molecule has 4 heteroatoms. The molecule has 1 aliphatic carbocycles. The number of anilines is 1. The van der Waals surface area contributed by atoms with Gasteiger partial charge in [0, 0.05) is 11.3 Å². The minimum absolute atomic E-state index is 0.0125. The molecule has 0 bridgehead atoms. The van der Waals surface area contributed by atoms with Gasteiger partial charge in [-0.1, -0.05) is 18.2 Å². The van der Waals surface area contributed by atoms with Gasteiger partial charge in [0.2, 0.25) is 0 Å². The number of amides is 1. The Morgan fingerprint density at radius 2 is 2.05 bits per heavy atom. The number of hydrogen-bond acceptors (Lipinski definition) is 3. The van der Waals surface area contributed by atoms with Crippen molar-refractivity contribution < 1.29 is 9.53 Å². The van der Waals surface area contributed by atoms with Crippen LogP contribution in [0.1, 0.15) is 45.2 Å². The van der Waals surface area contributed by atoms with Crippen LogP contribution >= 0.6 is 0 Å². The summed E-state index contributed by atoms with van der Waals surface area (Å²) in [6.45, 7) is 5.63. The first-order valence-electron chi connectivity index (χ1n) is 6.76. The average molecular weight is 260 g/mol. The SMILES string of the molecule is CC(C)(C)OC(=O)NC1c2ccccc2NC12CC2. The minimum Gasteiger partial charge on any atom is -0.444 e. The molecule has 0 saturated heterocycles. The molecule has 1 heterocycles. The second-order valence-electron chi connectivity index (χ2n) is 6.45. The first-order chi connectivity index (χ1) is 8.90. The molecule has 4 nitrogen and oxygen atoms in total. The Balaban J connectivity index is 1.79. The first kappa shape index (κ1) is 12.3. The van der Waals surface area contributed by atoms with Crippen molar-refractivity contribution in [3.8, 4) is 0 Å². The third kappa shape index (κ3) is 2.27. The summed E-state index contributed by atoms with van der Waals surface area (Å²) in [6.07, 6.45) is 1.83. The molecule has 2 N–H and O–H groups in total. The maximum Gasteiger partial charge on any atom is 0.408 e. The second-order valence-corrected chi connectivity index (χ2v) is 6.45. The number of ether oxygens (including phenoxy) is 1. The van der Waals surface area contributed by atoms with Crippen molar-refractivity contribution in [2.45, 2.75) is 50.8 Å². The molecule has 1 unspecified atom stereocenters. The van der Waals surface area contributed by atoms with E-state index in [-0.39, 0.29) is 17.7 Å². The zero-order chi connectivity index (χ0) is 13.7. The molecule has 0 radical (unpaired) electrons. The molecule has 1 aliphatic heterocycles. The molecule has 1 saturated carbocycles. The lowest BCUT2D eigenvalue weighted by Gasteiger charge is -2.25. The molecule has 102 valence electrons. The monoisotopic (exact) mass is 260 g/mol. The molecule has 1 fully saturated rings. The van der Waals surface area contributed by atoms with Crippen LogP contribution in [0, 0.1) is 0 Å². The summed E-state index contributed by atoms with van der Waals surface area (Å²) in [5.74, 6) is 0. The van der Waals surface area contributed by atoms with Crippen molar-refractivity contribution in [2.24, 2.45) is 0 Å². The predicted octanol–water partition coefficient (Wildman–Crippen LogP) is 3.21. The van der Waals surface area contributed by atoms with Crippen molar-refractivity contribution >= 4 is 11.8 Å². The molecule has 1 aromatic carbocycles. The maximum atomic E-state index is 12.0. The fourth-order valence-electron chi connectivity index (χ4n) is 2.69.